The first-order chi connectivity index (χ1) is 7.47. The van der Waals surface area contributed by atoms with Crippen molar-refractivity contribution in [1.29, 1.82) is 0 Å². The van der Waals surface area contributed by atoms with Crippen molar-refractivity contribution in [3.63, 3.8) is 0 Å². The van der Waals surface area contributed by atoms with Crippen LogP contribution in [0.5, 0.6) is 0 Å². The molecule has 0 saturated heterocycles. The highest BCUT2D eigenvalue weighted by Crippen LogP contribution is 2.27. The zero-order chi connectivity index (χ0) is 11.8. The Labute approximate surface area is 100 Å². The fraction of sp³-hybridized carbons (Fsp3) is 0.385. The quantitative estimate of drug-likeness (QED) is 0.747. The lowest BCUT2D eigenvalue weighted by molar-refractivity contribution is 0.589. The van der Waals surface area contributed by atoms with Crippen LogP contribution >= 0.6 is 11.3 Å². The molecule has 84 valence electrons. The molecular formula is C13H16N2S. The van der Waals surface area contributed by atoms with Crippen LogP contribution in [0.3, 0.4) is 0 Å². The van der Waals surface area contributed by atoms with E-state index in [1.54, 1.807) is 11.3 Å². The molecule has 0 spiro atoms. The number of thiazole rings is 1. The third kappa shape index (κ3) is 2.30. The van der Waals surface area contributed by atoms with Gasteiger partial charge in [-0.05, 0) is 30.0 Å². The second-order valence-electron chi connectivity index (χ2n) is 4.97. The van der Waals surface area contributed by atoms with Crippen LogP contribution in [-0.4, -0.2) is 9.97 Å². The van der Waals surface area contributed by atoms with Gasteiger partial charge in [-0.25, -0.2) is 4.98 Å². The minimum Gasteiger partial charge on any atom is -0.254 e. The van der Waals surface area contributed by atoms with E-state index in [1.165, 1.54) is 5.56 Å². The number of pyridine rings is 1. The Balaban J connectivity index is 2.44. The Kier molecular flexibility index (Phi) is 2.80. The third-order valence-corrected chi connectivity index (χ3v) is 3.45. The summed E-state index contributed by atoms with van der Waals surface area (Å²) >= 11 is 1.65. The Morgan fingerprint density at radius 3 is 2.56 bits per heavy atom. The molecule has 3 heteroatoms. The van der Waals surface area contributed by atoms with Gasteiger partial charge < -0.3 is 0 Å². The van der Waals surface area contributed by atoms with Gasteiger partial charge in [0.15, 0.2) is 0 Å². The monoisotopic (exact) mass is 232 g/mol. The summed E-state index contributed by atoms with van der Waals surface area (Å²) in [6.45, 7) is 8.63. The van der Waals surface area contributed by atoms with E-state index in [2.05, 4.69) is 48.3 Å². The average Bonchev–Trinajstić information content (AvgIpc) is 2.64. The van der Waals surface area contributed by atoms with E-state index < -0.39 is 0 Å². The summed E-state index contributed by atoms with van der Waals surface area (Å²) in [6, 6.07) is 4.21. The largest absolute Gasteiger partial charge is 0.254 e. The SMILES string of the molecule is Cc1csc(-c2cc(C(C)(C)C)ccn2)n1. The van der Waals surface area contributed by atoms with E-state index in [0.29, 0.717) is 0 Å². The van der Waals surface area contributed by atoms with Crippen LogP contribution in [0.4, 0.5) is 0 Å². The van der Waals surface area contributed by atoms with Crippen molar-refractivity contribution in [3.05, 3.63) is 35.0 Å². The zero-order valence-corrected chi connectivity index (χ0v) is 10.9. The average molecular weight is 232 g/mol. The first-order valence-electron chi connectivity index (χ1n) is 5.36. The Morgan fingerprint density at radius 2 is 2.00 bits per heavy atom. The summed E-state index contributed by atoms with van der Waals surface area (Å²) in [5.74, 6) is 0. The van der Waals surface area contributed by atoms with E-state index in [0.717, 1.165) is 16.4 Å². The predicted octanol–water partition coefficient (Wildman–Crippen LogP) is 3.81. The van der Waals surface area contributed by atoms with Gasteiger partial charge in [0.1, 0.15) is 5.01 Å². The molecule has 16 heavy (non-hydrogen) atoms. The summed E-state index contributed by atoms with van der Waals surface area (Å²) in [5.41, 5.74) is 3.49. The zero-order valence-electron chi connectivity index (χ0n) is 10.1. The fourth-order valence-corrected chi connectivity index (χ4v) is 2.25. The summed E-state index contributed by atoms with van der Waals surface area (Å²) < 4.78 is 0. The van der Waals surface area contributed by atoms with E-state index in [1.807, 2.05) is 13.1 Å². The molecule has 0 aromatic carbocycles. The van der Waals surface area contributed by atoms with Gasteiger partial charge in [0.25, 0.3) is 0 Å². The molecule has 0 N–H and O–H groups in total. The molecule has 0 aliphatic carbocycles. The van der Waals surface area contributed by atoms with Crippen molar-refractivity contribution in [1.82, 2.24) is 9.97 Å². The van der Waals surface area contributed by atoms with Crippen LogP contribution in [0.15, 0.2) is 23.7 Å². The molecule has 0 radical (unpaired) electrons. The van der Waals surface area contributed by atoms with Crippen molar-refractivity contribution in [3.8, 4) is 10.7 Å². The lowest BCUT2D eigenvalue weighted by atomic mass is 9.87. The first-order valence-corrected chi connectivity index (χ1v) is 6.24. The maximum atomic E-state index is 4.46. The molecule has 2 aromatic rings. The topological polar surface area (TPSA) is 25.8 Å². The molecule has 2 heterocycles. The number of hydrogen-bond acceptors (Lipinski definition) is 3. The predicted molar refractivity (Wildman–Crippen MR) is 68.8 cm³/mol. The number of aryl methyl sites for hydroxylation is 1. The van der Waals surface area contributed by atoms with Crippen molar-refractivity contribution < 1.29 is 0 Å². The summed E-state index contributed by atoms with van der Waals surface area (Å²) in [4.78, 5) is 8.84. The second kappa shape index (κ2) is 3.98. The Bertz CT molecular complexity index is 495. The van der Waals surface area contributed by atoms with E-state index in [9.17, 15) is 0 Å². The minimum absolute atomic E-state index is 0.157. The van der Waals surface area contributed by atoms with Gasteiger partial charge in [0.2, 0.25) is 0 Å². The van der Waals surface area contributed by atoms with Gasteiger partial charge in [-0.1, -0.05) is 20.8 Å². The smallest absolute Gasteiger partial charge is 0.142 e. The molecule has 0 amide bonds. The molecule has 0 aliphatic rings. The van der Waals surface area contributed by atoms with Gasteiger partial charge in [-0.15, -0.1) is 11.3 Å². The van der Waals surface area contributed by atoms with Crippen LogP contribution in [0, 0.1) is 6.92 Å². The highest BCUT2D eigenvalue weighted by atomic mass is 32.1. The molecule has 2 nitrogen and oxygen atoms in total. The summed E-state index contributed by atoms with van der Waals surface area (Å²) in [6.07, 6.45) is 1.87. The Hall–Kier alpha value is -1.22. The maximum Gasteiger partial charge on any atom is 0.142 e. The van der Waals surface area contributed by atoms with Gasteiger partial charge in [0, 0.05) is 17.3 Å². The van der Waals surface area contributed by atoms with Crippen molar-refractivity contribution in [2.45, 2.75) is 33.1 Å². The highest BCUT2D eigenvalue weighted by Gasteiger charge is 2.15. The minimum atomic E-state index is 0.157. The first kappa shape index (κ1) is 11.3. The van der Waals surface area contributed by atoms with Crippen LogP contribution in [-0.2, 0) is 5.41 Å². The van der Waals surface area contributed by atoms with Gasteiger partial charge >= 0.3 is 0 Å². The standard InChI is InChI=1S/C13H16N2S/c1-9-8-16-12(15-9)11-7-10(5-6-14-11)13(2,3)4/h5-8H,1-4H3. The lowest BCUT2D eigenvalue weighted by Gasteiger charge is -2.18. The highest BCUT2D eigenvalue weighted by molar-refractivity contribution is 7.13. The number of hydrogen-bond donors (Lipinski definition) is 0. The summed E-state index contributed by atoms with van der Waals surface area (Å²) in [7, 11) is 0. The fourth-order valence-electron chi connectivity index (χ4n) is 1.49. The summed E-state index contributed by atoms with van der Waals surface area (Å²) in [5, 5.41) is 3.06. The van der Waals surface area contributed by atoms with E-state index in [4.69, 9.17) is 0 Å². The molecule has 0 atom stereocenters. The van der Waals surface area contributed by atoms with E-state index in [-0.39, 0.29) is 5.41 Å². The number of nitrogens with zero attached hydrogens (tertiary/aromatic N) is 2. The molecule has 0 bridgehead atoms. The maximum absolute atomic E-state index is 4.46. The van der Waals surface area contributed by atoms with Crippen molar-refractivity contribution in [2.75, 3.05) is 0 Å². The molecule has 0 unspecified atom stereocenters. The van der Waals surface area contributed by atoms with Crippen LogP contribution in [0.25, 0.3) is 10.7 Å². The molecule has 0 aliphatic heterocycles. The van der Waals surface area contributed by atoms with Crippen LogP contribution < -0.4 is 0 Å². The molecule has 0 saturated carbocycles. The van der Waals surface area contributed by atoms with Crippen molar-refractivity contribution >= 4 is 11.3 Å². The second-order valence-corrected chi connectivity index (χ2v) is 5.83. The third-order valence-electron chi connectivity index (χ3n) is 2.46. The molecular weight excluding hydrogens is 216 g/mol. The van der Waals surface area contributed by atoms with Gasteiger partial charge in [-0.2, -0.15) is 0 Å². The molecule has 0 fully saturated rings. The van der Waals surface area contributed by atoms with E-state index >= 15 is 0 Å². The molecule has 2 rings (SSSR count). The number of rotatable bonds is 1. The number of aromatic nitrogens is 2. The van der Waals surface area contributed by atoms with Gasteiger partial charge in [-0.3, -0.25) is 4.98 Å². The van der Waals surface area contributed by atoms with Crippen LogP contribution in [0.1, 0.15) is 32.0 Å². The van der Waals surface area contributed by atoms with Crippen LogP contribution in [0.2, 0.25) is 0 Å². The Morgan fingerprint density at radius 1 is 1.25 bits per heavy atom. The van der Waals surface area contributed by atoms with Crippen molar-refractivity contribution in [2.24, 2.45) is 0 Å². The molecule has 2 aromatic heterocycles. The normalized spacial score (nSPS) is 11.8. The van der Waals surface area contributed by atoms with Gasteiger partial charge in [0.05, 0.1) is 5.69 Å². The lowest BCUT2D eigenvalue weighted by Crippen LogP contribution is -2.11.